The molecule has 1 aliphatic heterocycles. The molecule has 1 aliphatic rings. The number of halogens is 3. The Bertz CT molecular complexity index is 602. The molecule has 0 amide bonds. The van der Waals surface area contributed by atoms with E-state index in [0.717, 1.165) is 38.2 Å². The van der Waals surface area contributed by atoms with E-state index in [1.807, 2.05) is 7.05 Å². The predicted octanol–water partition coefficient (Wildman–Crippen LogP) is 1.72. The lowest BCUT2D eigenvalue weighted by Crippen LogP contribution is -2.39. The van der Waals surface area contributed by atoms with Gasteiger partial charge in [0.05, 0.1) is 0 Å². The summed E-state index contributed by atoms with van der Waals surface area (Å²) < 4.78 is 63.8. The van der Waals surface area contributed by atoms with Crippen molar-refractivity contribution in [3.63, 3.8) is 0 Å². The zero-order chi connectivity index (χ0) is 16.4. The zero-order valence-electron chi connectivity index (χ0n) is 12.1. The van der Waals surface area contributed by atoms with Crippen LogP contribution in [0, 0.1) is 5.92 Å². The summed E-state index contributed by atoms with van der Waals surface area (Å²) in [5.41, 5.74) is -1.11. The first-order valence-corrected chi connectivity index (χ1v) is 8.38. The maximum Gasteiger partial charge on any atom is 0.433 e. The molecule has 0 unspecified atom stereocenters. The second kappa shape index (κ2) is 6.51. The molecule has 1 atom stereocenters. The van der Waals surface area contributed by atoms with Crippen LogP contribution >= 0.6 is 0 Å². The smallest absolute Gasteiger partial charge is 0.306 e. The van der Waals surface area contributed by atoms with Crippen molar-refractivity contribution in [3.05, 3.63) is 24.0 Å². The molecule has 1 aromatic rings. The highest BCUT2D eigenvalue weighted by atomic mass is 32.2. The second-order valence-electron chi connectivity index (χ2n) is 5.50. The molecule has 0 spiro atoms. The maximum atomic E-state index is 12.4. The van der Waals surface area contributed by atoms with Crippen molar-refractivity contribution in [2.24, 2.45) is 5.92 Å². The number of sulfonamides is 1. The van der Waals surface area contributed by atoms with Gasteiger partial charge in [-0.25, -0.2) is 13.1 Å². The Morgan fingerprint density at radius 3 is 2.68 bits per heavy atom. The van der Waals surface area contributed by atoms with Gasteiger partial charge in [0, 0.05) is 19.3 Å². The highest BCUT2D eigenvalue weighted by Crippen LogP contribution is 2.27. The standard InChI is InChI=1S/C13H18F3N3O2S/c1-19-6-2-3-10(9-19)7-18-22(20,21)11-4-5-12(17-8-11)13(14,15)16/h4-5,8,10,18H,2-3,6-7,9H2,1H3/t10-/m1/s1. The fourth-order valence-electron chi connectivity index (χ4n) is 2.46. The van der Waals surface area contributed by atoms with Crippen molar-refractivity contribution in [1.82, 2.24) is 14.6 Å². The van der Waals surface area contributed by atoms with Crippen LogP contribution in [0.1, 0.15) is 18.5 Å². The maximum absolute atomic E-state index is 12.4. The van der Waals surface area contributed by atoms with Crippen molar-refractivity contribution in [2.75, 3.05) is 26.7 Å². The number of alkyl halides is 3. The van der Waals surface area contributed by atoms with Gasteiger partial charge in [0.1, 0.15) is 10.6 Å². The van der Waals surface area contributed by atoms with Gasteiger partial charge < -0.3 is 4.90 Å². The number of hydrogen-bond donors (Lipinski definition) is 1. The Labute approximate surface area is 127 Å². The monoisotopic (exact) mass is 337 g/mol. The summed E-state index contributed by atoms with van der Waals surface area (Å²) in [5, 5.41) is 0. The van der Waals surface area contributed by atoms with E-state index < -0.39 is 21.9 Å². The van der Waals surface area contributed by atoms with Crippen molar-refractivity contribution >= 4 is 10.0 Å². The summed E-state index contributed by atoms with van der Waals surface area (Å²) >= 11 is 0. The van der Waals surface area contributed by atoms with Crippen molar-refractivity contribution in [1.29, 1.82) is 0 Å². The summed E-state index contributed by atoms with van der Waals surface area (Å²) in [4.78, 5) is 5.04. The van der Waals surface area contributed by atoms with Crippen LogP contribution in [0.15, 0.2) is 23.2 Å². The Kier molecular flexibility index (Phi) is 5.08. The SMILES string of the molecule is CN1CCC[C@H](CNS(=O)(=O)c2ccc(C(F)(F)F)nc2)C1. The Balaban J connectivity index is 2.01. The first-order valence-electron chi connectivity index (χ1n) is 6.90. The third-order valence-electron chi connectivity index (χ3n) is 3.62. The molecule has 2 rings (SSSR count). The van der Waals surface area contributed by atoms with E-state index in [1.54, 1.807) is 0 Å². The van der Waals surface area contributed by atoms with E-state index in [-0.39, 0.29) is 17.4 Å². The molecule has 0 aliphatic carbocycles. The van der Waals surface area contributed by atoms with E-state index in [0.29, 0.717) is 6.07 Å². The molecule has 9 heteroatoms. The van der Waals surface area contributed by atoms with Crippen LogP contribution in [0.4, 0.5) is 13.2 Å². The largest absolute Gasteiger partial charge is 0.433 e. The lowest BCUT2D eigenvalue weighted by Gasteiger charge is -2.29. The van der Waals surface area contributed by atoms with E-state index in [4.69, 9.17) is 0 Å². The van der Waals surface area contributed by atoms with Crippen LogP contribution in [-0.2, 0) is 16.2 Å². The Morgan fingerprint density at radius 1 is 1.41 bits per heavy atom. The topological polar surface area (TPSA) is 62.3 Å². The summed E-state index contributed by atoms with van der Waals surface area (Å²) in [6.07, 6.45) is -1.91. The van der Waals surface area contributed by atoms with E-state index >= 15 is 0 Å². The molecule has 1 aromatic heterocycles. The van der Waals surface area contributed by atoms with Crippen LogP contribution in [0.2, 0.25) is 0 Å². The minimum atomic E-state index is -4.58. The average Bonchev–Trinajstić information content (AvgIpc) is 2.45. The summed E-state index contributed by atoms with van der Waals surface area (Å²) in [6.45, 7) is 2.06. The minimum Gasteiger partial charge on any atom is -0.306 e. The molecule has 1 saturated heterocycles. The van der Waals surface area contributed by atoms with Gasteiger partial charge in [0.2, 0.25) is 10.0 Å². The van der Waals surface area contributed by atoms with Gasteiger partial charge >= 0.3 is 6.18 Å². The molecule has 0 radical (unpaired) electrons. The molecule has 2 heterocycles. The van der Waals surface area contributed by atoms with Gasteiger partial charge in [0.15, 0.2) is 0 Å². The Hall–Kier alpha value is -1.19. The van der Waals surface area contributed by atoms with E-state index in [1.165, 1.54) is 0 Å². The van der Waals surface area contributed by atoms with Crippen molar-refractivity contribution in [3.8, 4) is 0 Å². The molecule has 124 valence electrons. The molecule has 1 N–H and O–H groups in total. The third kappa shape index (κ3) is 4.40. The van der Waals surface area contributed by atoms with Crippen molar-refractivity contribution in [2.45, 2.75) is 23.9 Å². The molecule has 0 bridgehead atoms. The summed E-state index contributed by atoms with van der Waals surface area (Å²) in [6, 6.07) is 1.59. The van der Waals surface area contributed by atoms with Crippen LogP contribution < -0.4 is 4.72 Å². The van der Waals surface area contributed by atoms with Gasteiger partial charge in [-0.15, -0.1) is 0 Å². The van der Waals surface area contributed by atoms with Crippen LogP contribution in [0.5, 0.6) is 0 Å². The molecule has 22 heavy (non-hydrogen) atoms. The fourth-order valence-corrected chi connectivity index (χ4v) is 3.52. The number of pyridine rings is 1. The molecule has 5 nitrogen and oxygen atoms in total. The second-order valence-corrected chi connectivity index (χ2v) is 7.27. The van der Waals surface area contributed by atoms with Gasteiger partial charge in [0.25, 0.3) is 0 Å². The highest BCUT2D eigenvalue weighted by molar-refractivity contribution is 7.89. The molecule has 0 saturated carbocycles. The fraction of sp³-hybridized carbons (Fsp3) is 0.615. The van der Waals surface area contributed by atoms with E-state index in [9.17, 15) is 21.6 Å². The lowest BCUT2D eigenvalue weighted by atomic mass is 9.99. The highest BCUT2D eigenvalue weighted by Gasteiger charge is 2.32. The number of piperidine rings is 1. The lowest BCUT2D eigenvalue weighted by molar-refractivity contribution is -0.141. The van der Waals surface area contributed by atoms with Crippen molar-refractivity contribution < 1.29 is 21.6 Å². The molecule has 0 aromatic carbocycles. The number of likely N-dealkylation sites (tertiary alicyclic amines) is 1. The normalized spacial score (nSPS) is 21.0. The van der Waals surface area contributed by atoms with Gasteiger partial charge in [-0.3, -0.25) is 4.98 Å². The number of nitrogens with one attached hydrogen (secondary N) is 1. The number of nitrogens with zero attached hydrogens (tertiary/aromatic N) is 2. The first kappa shape index (κ1) is 17.2. The number of rotatable bonds is 4. The van der Waals surface area contributed by atoms with Crippen LogP contribution in [-0.4, -0.2) is 45.0 Å². The molecular formula is C13H18F3N3O2S. The Morgan fingerprint density at radius 2 is 2.14 bits per heavy atom. The summed E-state index contributed by atoms with van der Waals surface area (Å²) in [5.74, 6) is 0.205. The summed E-state index contributed by atoms with van der Waals surface area (Å²) in [7, 11) is -1.87. The molecule has 1 fully saturated rings. The average molecular weight is 337 g/mol. The van der Waals surface area contributed by atoms with Crippen LogP contribution in [0.25, 0.3) is 0 Å². The number of hydrogen-bond acceptors (Lipinski definition) is 4. The van der Waals surface area contributed by atoms with Gasteiger partial charge in [-0.1, -0.05) is 0 Å². The zero-order valence-corrected chi connectivity index (χ0v) is 12.9. The van der Waals surface area contributed by atoms with Gasteiger partial charge in [-0.05, 0) is 44.5 Å². The first-order chi connectivity index (χ1) is 10.2. The molecular weight excluding hydrogens is 319 g/mol. The minimum absolute atomic E-state index is 0.205. The third-order valence-corrected chi connectivity index (χ3v) is 5.03. The quantitative estimate of drug-likeness (QED) is 0.909. The number of aromatic nitrogens is 1. The van der Waals surface area contributed by atoms with Gasteiger partial charge in [-0.2, -0.15) is 13.2 Å². The van der Waals surface area contributed by atoms with Crippen LogP contribution in [0.3, 0.4) is 0 Å². The predicted molar refractivity (Wildman–Crippen MR) is 74.6 cm³/mol. The van der Waals surface area contributed by atoms with E-state index in [2.05, 4.69) is 14.6 Å².